The molecule has 3 rings (SSSR count). The highest BCUT2D eigenvalue weighted by atomic mass is 35.5. The van der Waals surface area contributed by atoms with Gasteiger partial charge < -0.3 is 20.3 Å². The Bertz CT molecular complexity index is 985. The van der Waals surface area contributed by atoms with Crippen LogP contribution in [0.5, 0.6) is 0 Å². The molecule has 11 nitrogen and oxygen atoms in total. The molecular formula is C17H22ClN5O6. The summed E-state index contributed by atoms with van der Waals surface area (Å²) in [6, 6.07) is -0.848. The first kappa shape index (κ1) is 21.2. The van der Waals surface area contributed by atoms with Gasteiger partial charge in [0.05, 0.1) is 31.0 Å². The van der Waals surface area contributed by atoms with Crippen molar-refractivity contribution in [2.24, 2.45) is 0 Å². The Hall–Kier alpha value is -2.47. The predicted octanol–water partition coefficient (Wildman–Crippen LogP) is -1.28. The van der Waals surface area contributed by atoms with Crippen LogP contribution >= 0.6 is 11.6 Å². The normalized spacial score (nSPS) is 24.4. The lowest BCUT2D eigenvalue weighted by Gasteiger charge is -2.38. The average molecular weight is 428 g/mol. The Morgan fingerprint density at radius 2 is 2.14 bits per heavy atom. The van der Waals surface area contributed by atoms with Crippen LogP contribution < -0.4 is 16.6 Å². The molecule has 4 atom stereocenters. The van der Waals surface area contributed by atoms with Crippen LogP contribution in [0.1, 0.15) is 23.7 Å². The quantitative estimate of drug-likeness (QED) is 0.448. The van der Waals surface area contributed by atoms with Crippen LogP contribution in [0.3, 0.4) is 0 Å². The second-order valence-corrected chi connectivity index (χ2v) is 7.22. The molecule has 4 N–H and O–H groups in total. The maximum Gasteiger partial charge on any atom is 0.328 e. The number of aromatic nitrogens is 4. The summed E-state index contributed by atoms with van der Waals surface area (Å²) in [5.74, 6) is -0.450. The number of nitrogens with zero attached hydrogens (tertiary/aromatic N) is 3. The number of carbonyl (C=O) groups is 1. The smallest absolute Gasteiger partial charge is 0.328 e. The Morgan fingerprint density at radius 1 is 1.38 bits per heavy atom. The molecule has 2 aromatic rings. The van der Waals surface area contributed by atoms with Crippen molar-refractivity contribution < 1.29 is 19.7 Å². The fraction of sp³-hybridized carbons (Fsp3) is 0.529. The minimum Gasteiger partial charge on any atom is -0.388 e. The van der Waals surface area contributed by atoms with Crippen molar-refractivity contribution in [3.8, 4) is 0 Å². The molecule has 0 saturated carbocycles. The Kier molecular flexibility index (Phi) is 6.52. The van der Waals surface area contributed by atoms with E-state index in [-0.39, 0.29) is 18.2 Å². The van der Waals surface area contributed by atoms with Gasteiger partial charge in [-0.05, 0) is 6.42 Å². The van der Waals surface area contributed by atoms with Gasteiger partial charge in [-0.3, -0.25) is 23.8 Å². The van der Waals surface area contributed by atoms with E-state index in [4.69, 9.17) is 16.3 Å². The fourth-order valence-corrected chi connectivity index (χ4v) is 3.23. The molecule has 12 heteroatoms. The first-order valence-corrected chi connectivity index (χ1v) is 9.48. The Morgan fingerprint density at radius 3 is 2.86 bits per heavy atom. The predicted molar refractivity (Wildman–Crippen MR) is 102 cm³/mol. The summed E-state index contributed by atoms with van der Waals surface area (Å²) < 4.78 is 8.26. The number of halogens is 1. The van der Waals surface area contributed by atoms with Crippen molar-refractivity contribution in [2.75, 3.05) is 6.61 Å². The molecule has 0 radical (unpaired) electrons. The molecule has 1 saturated heterocycles. The third-order valence-corrected chi connectivity index (χ3v) is 4.91. The van der Waals surface area contributed by atoms with Crippen LogP contribution in [-0.4, -0.2) is 66.4 Å². The van der Waals surface area contributed by atoms with Crippen molar-refractivity contribution in [1.82, 2.24) is 24.6 Å². The van der Waals surface area contributed by atoms with Crippen molar-refractivity contribution in [3.05, 3.63) is 50.0 Å². The zero-order chi connectivity index (χ0) is 21.1. The largest absolute Gasteiger partial charge is 0.388 e. The summed E-state index contributed by atoms with van der Waals surface area (Å²) in [5, 5.41) is 27.3. The summed E-state index contributed by atoms with van der Waals surface area (Å²) in [4.78, 5) is 37.6. The van der Waals surface area contributed by atoms with Crippen LogP contribution in [0, 0.1) is 0 Å². The minimum absolute atomic E-state index is 0.0798. The second-order valence-electron chi connectivity index (χ2n) is 6.81. The van der Waals surface area contributed by atoms with Gasteiger partial charge in [-0.25, -0.2) is 4.79 Å². The molecule has 158 valence electrons. The number of aliphatic hydroxyl groups excluding tert-OH is 2. The van der Waals surface area contributed by atoms with Gasteiger partial charge in [0, 0.05) is 18.9 Å². The number of nitrogens with one attached hydrogen (secondary N) is 2. The first-order chi connectivity index (χ1) is 13.8. The van der Waals surface area contributed by atoms with E-state index in [0.29, 0.717) is 12.1 Å². The number of H-pyrrole nitrogens is 1. The third-order valence-electron chi connectivity index (χ3n) is 4.64. The zero-order valence-corrected chi connectivity index (χ0v) is 16.4. The van der Waals surface area contributed by atoms with Gasteiger partial charge in [0.25, 0.3) is 11.5 Å². The zero-order valence-electron chi connectivity index (χ0n) is 15.6. The SMILES string of the molecule is CCCn1cc(C(=O)N[C@@H]2CO[C@H](Cn3cc(Cl)c(=O)[nH]c3=O)[C@@H](O)[C@H]2O)cn1. The standard InChI is InChI=1S/C17H22ClN5O6/c1-2-3-23-5-9(4-19-23)15(26)20-11-8-29-12(14(25)13(11)24)7-22-6-10(18)16(27)21-17(22)28/h4-6,11-14,24-25H,2-3,7-8H2,1H3,(H,20,26)(H,21,27,28)/t11-,12-,13+,14-/m1/s1. The summed E-state index contributed by atoms with van der Waals surface area (Å²) in [6.45, 7) is 2.45. The van der Waals surface area contributed by atoms with E-state index in [1.54, 1.807) is 10.9 Å². The average Bonchev–Trinajstić information content (AvgIpc) is 3.14. The van der Waals surface area contributed by atoms with Gasteiger partial charge in [0.15, 0.2) is 0 Å². The van der Waals surface area contributed by atoms with Crippen LogP contribution in [0.4, 0.5) is 0 Å². The highest BCUT2D eigenvalue weighted by Gasteiger charge is 2.39. The number of aryl methyl sites for hydroxylation is 1. The van der Waals surface area contributed by atoms with Crippen molar-refractivity contribution in [3.63, 3.8) is 0 Å². The van der Waals surface area contributed by atoms with Gasteiger partial charge >= 0.3 is 5.69 Å². The molecule has 0 unspecified atom stereocenters. The molecule has 0 spiro atoms. The Labute approximate surface area is 169 Å². The van der Waals surface area contributed by atoms with Gasteiger partial charge in [-0.2, -0.15) is 5.10 Å². The molecule has 1 fully saturated rings. The van der Waals surface area contributed by atoms with Crippen LogP contribution in [0.2, 0.25) is 5.02 Å². The van der Waals surface area contributed by atoms with E-state index in [1.807, 2.05) is 11.9 Å². The summed E-state index contributed by atoms with van der Waals surface area (Å²) in [6.07, 6.45) is 1.38. The molecule has 1 amide bonds. The molecule has 29 heavy (non-hydrogen) atoms. The lowest BCUT2D eigenvalue weighted by Crippen LogP contribution is -2.60. The number of aromatic amines is 1. The molecular weight excluding hydrogens is 406 g/mol. The first-order valence-electron chi connectivity index (χ1n) is 9.10. The summed E-state index contributed by atoms with van der Waals surface area (Å²) in [5.41, 5.74) is -1.11. The third kappa shape index (κ3) is 4.75. The van der Waals surface area contributed by atoms with Crippen LogP contribution in [0.25, 0.3) is 0 Å². The number of amides is 1. The maximum absolute atomic E-state index is 12.4. The highest BCUT2D eigenvalue weighted by molar-refractivity contribution is 6.30. The lowest BCUT2D eigenvalue weighted by atomic mass is 9.97. The topological polar surface area (TPSA) is 151 Å². The molecule has 0 aromatic carbocycles. The van der Waals surface area contributed by atoms with E-state index < -0.39 is 41.5 Å². The molecule has 0 bridgehead atoms. The summed E-state index contributed by atoms with van der Waals surface area (Å²) >= 11 is 5.72. The van der Waals surface area contributed by atoms with E-state index in [0.717, 1.165) is 17.2 Å². The van der Waals surface area contributed by atoms with Crippen LogP contribution in [0.15, 0.2) is 28.2 Å². The van der Waals surface area contributed by atoms with Crippen LogP contribution in [-0.2, 0) is 17.8 Å². The number of ether oxygens (including phenoxy) is 1. The number of hydrogen-bond acceptors (Lipinski definition) is 7. The van der Waals surface area contributed by atoms with E-state index in [1.165, 1.54) is 6.20 Å². The van der Waals surface area contributed by atoms with Crippen molar-refractivity contribution in [1.29, 1.82) is 0 Å². The van der Waals surface area contributed by atoms with Crippen molar-refractivity contribution in [2.45, 2.75) is 50.8 Å². The number of carbonyl (C=O) groups excluding carboxylic acids is 1. The highest BCUT2D eigenvalue weighted by Crippen LogP contribution is 2.17. The van der Waals surface area contributed by atoms with Gasteiger partial charge in [-0.15, -0.1) is 0 Å². The van der Waals surface area contributed by atoms with Gasteiger partial charge in [0.2, 0.25) is 0 Å². The molecule has 1 aliphatic rings. The van der Waals surface area contributed by atoms with Crippen molar-refractivity contribution >= 4 is 17.5 Å². The van der Waals surface area contributed by atoms with E-state index in [9.17, 15) is 24.6 Å². The van der Waals surface area contributed by atoms with Gasteiger partial charge in [0.1, 0.15) is 23.3 Å². The Balaban J connectivity index is 1.63. The second kappa shape index (κ2) is 8.91. The molecule has 3 heterocycles. The van der Waals surface area contributed by atoms with E-state index in [2.05, 4.69) is 10.4 Å². The van der Waals surface area contributed by atoms with E-state index >= 15 is 0 Å². The number of hydrogen-bond donors (Lipinski definition) is 4. The number of aliphatic hydroxyl groups is 2. The fourth-order valence-electron chi connectivity index (χ4n) is 3.07. The summed E-state index contributed by atoms with van der Waals surface area (Å²) in [7, 11) is 0. The van der Waals surface area contributed by atoms with Gasteiger partial charge in [-0.1, -0.05) is 18.5 Å². The minimum atomic E-state index is -1.38. The lowest BCUT2D eigenvalue weighted by molar-refractivity contribution is -0.152. The molecule has 0 aliphatic carbocycles. The number of rotatable bonds is 6. The molecule has 2 aromatic heterocycles. The molecule has 1 aliphatic heterocycles. The maximum atomic E-state index is 12.4. The monoisotopic (exact) mass is 427 g/mol.